The maximum atomic E-state index is 13.9. The number of carbonyl (C=O) groups is 1. The van der Waals surface area contributed by atoms with E-state index in [-0.39, 0.29) is 23.7 Å². The second-order valence-electron chi connectivity index (χ2n) is 7.39. The number of carbonyl (C=O) groups excluding carboxylic acids is 1. The molecule has 1 fully saturated rings. The van der Waals surface area contributed by atoms with E-state index in [9.17, 15) is 9.18 Å². The number of hydrogen-bond acceptors (Lipinski definition) is 6. The Morgan fingerprint density at radius 3 is 2.62 bits per heavy atom. The van der Waals surface area contributed by atoms with Crippen LogP contribution in [0.15, 0.2) is 60.9 Å². The van der Waals surface area contributed by atoms with Crippen LogP contribution in [0.5, 0.6) is 17.4 Å². The Morgan fingerprint density at radius 2 is 1.91 bits per heavy atom. The van der Waals surface area contributed by atoms with Crippen molar-refractivity contribution in [3.63, 3.8) is 0 Å². The van der Waals surface area contributed by atoms with Gasteiger partial charge in [-0.05, 0) is 43.3 Å². The fourth-order valence-corrected chi connectivity index (χ4v) is 3.54. The van der Waals surface area contributed by atoms with Crippen molar-refractivity contribution < 1.29 is 18.7 Å². The molecule has 3 aromatic rings. The minimum atomic E-state index is -0.460. The number of benzene rings is 2. The van der Waals surface area contributed by atoms with E-state index in [0.29, 0.717) is 31.1 Å². The first-order valence-electron chi connectivity index (χ1n) is 10.2. The van der Waals surface area contributed by atoms with Crippen molar-refractivity contribution in [1.29, 1.82) is 0 Å². The molecule has 4 rings (SSSR count). The number of anilines is 2. The third-order valence-electron chi connectivity index (χ3n) is 5.23. The minimum Gasteiger partial charge on any atom is -0.497 e. The number of amides is 2. The zero-order valence-corrected chi connectivity index (χ0v) is 17.9. The Balaban J connectivity index is 1.38. The predicted molar refractivity (Wildman–Crippen MR) is 119 cm³/mol. The van der Waals surface area contributed by atoms with Crippen LogP contribution in [0.4, 0.5) is 20.7 Å². The van der Waals surface area contributed by atoms with E-state index in [1.54, 1.807) is 60.5 Å². The first-order valence-corrected chi connectivity index (χ1v) is 10.2. The second kappa shape index (κ2) is 9.51. The fourth-order valence-electron chi connectivity index (χ4n) is 3.54. The van der Waals surface area contributed by atoms with Crippen molar-refractivity contribution >= 4 is 17.5 Å². The number of methoxy groups -OCH3 is 1. The molecule has 1 atom stereocenters. The lowest BCUT2D eigenvalue weighted by molar-refractivity contribution is 0.184. The number of halogens is 1. The van der Waals surface area contributed by atoms with Crippen LogP contribution in [0.2, 0.25) is 0 Å². The summed E-state index contributed by atoms with van der Waals surface area (Å²) in [6, 6.07) is 14.8. The molecule has 0 radical (unpaired) electrons. The van der Waals surface area contributed by atoms with E-state index in [1.165, 1.54) is 12.4 Å². The lowest BCUT2D eigenvalue weighted by Gasteiger charge is -2.40. The van der Waals surface area contributed by atoms with Crippen LogP contribution in [0.1, 0.15) is 6.92 Å². The number of hydrogen-bond donors (Lipinski definition) is 1. The summed E-state index contributed by atoms with van der Waals surface area (Å²) in [6.07, 6.45) is 1.39. The summed E-state index contributed by atoms with van der Waals surface area (Å²) in [5.74, 6) is 1.29. The van der Waals surface area contributed by atoms with Gasteiger partial charge in [0.15, 0.2) is 11.6 Å². The molecule has 1 aliphatic rings. The number of para-hydroxylation sites is 1. The molecule has 166 valence electrons. The first kappa shape index (κ1) is 21.4. The van der Waals surface area contributed by atoms with Gasteiger partial charge in [0.1, 0.15) is 17.9 Å². The van der Waals surface area contributed by atoms with Crippen molar-refractivity contribution in [2.45, 2.75) is 13.0 Å². The molecule has 2 aromatic carbocycles. The number of rotatable bonds is 5. The highest BCUT2D eigenvalue weighted by molar-refractivity contribution is 5.89. The number of urea groups is 1. The van der Waals surface area contributed by atoms with Crippen LogP contribution in [0.3, 0.4) is 0 Å². The third-order valence-corrected chi connectivity index (χ3v) is 5.23. The monoisotopic (exact) mass is 437 g/mol. The van der Waals surface area contributed by atoms with Gasteiger partial charge in [-0.15, -0.1) is 0 Å². The van der Waals surface area contributed by atoms with Crippen molar-refractivity contribution in [3.05, 3.63) is 66.7 Å². The topological polar surface area (TPSA) is 79.8 Å². The zero-order chi connectivity index (χ0) is 22.5. The second-order valence-corrected chi connectivity index (χ2v) is 7.39. The summed E-state index contributed by atoms with van der Waals surface area (Å²) in [4.78, 5) is 25.0. The number of piperazine rings is 1. The molecule has 0 bridgehead atoms. The van der Waals surface area contributed by atoms with E-state index in [0.717, 1.165) is 5.75 Å². The van der Waals surface area contributed by atoms with Crippen LogP contribution >= 0.6 is 0 Å². The van der Waals surface area contributed by atoms with E-state index in [4.69, 9.17) is 9.47 Å². The van der Waals surface area contributed by atoms with Crippen LogP contribution in [0.25, 0.3) is 0 Å². The standard InChI is InChI=1S/C23H24FN5O3/c1-16-14-28(11-12-29(16)23(30)27-17-7-9-18(31-2)10-8-17)21-13-22(26-15-25-21)32-20-6-4-3-5-19(20)24/h3-10,13,15-16H,11-12,14H2,1-2H3,(H,27,30)/t16-/m0/s1. The van der Waals surface area contributed by atoms with Crippen molar-refractivity contribution in [3.8, 4) is 17.4 Å². The van der Waals surface area contributed by atoms with E-state index in [2.05, 4.69) is 20.2 Å². The Hall–Kier alpha value is -3.88. The highest BCUT2D eigenvalue weighted by Gasteiger charge is 2.28. The summed E-state index contributed by atoms with van der Waals surface area (Å²) < 4.78 is 24.6. The van der Waals surface area contributed by atoms with Gasteiger partial charge in [0, 0.05) is 37.4 Å². The summed E-state index contributed by atoms with van der Waals surface area (Å²) in [7, 11) is 1.60. The molecule has 9 heteroatoms. The number of nitrogens with one attached hydrogen (secondary N) is 1. The molecule has 1 aromatic heterocycles. The van der Waals surface area contributed by atoms with Gasteiger partial charge in [0.2, 0.25) is 5.88 Å². The molecule has 0 spiro atoms. The fraction of sp³-hybridized carbons (Fsp3) is 0.261. The van der Waals surface area contributed by atoms with Gasteiger partial charge in [-0.25, -0.2) is 19.2 Å². The number of aromatic nitrogens is 2. The Bertz CT molecular complexity index is 1080. The maximum Gasteiger partial charge on any atom is 0.322 e. The number of nitrogens with zero attached hydrogens (tertiary/aromatic N) is 4. The van der Waals surface area contributed by atoms with Gasteiger partial charge in [0.05, 0.1) is 7.11 Å². The Morgan fingerprint density at radius 1 is 1.12 bits per heavy atom. The summed E-state index contributed by atoms with van der Waals surface area (Å²) in [5.41, 5.74) is 0.705. The molecular weight excluding hydrogens is 413 g/mol. The van der Waals surface area contributed by atoms with Crippen molar-refractivity contribution in [1.82, 2.24) is 14.9 Å². The normalized spacial score (nSPS) is 15.9. The van der Waals surface area contributed by atoms with Crippen molar-refractivity contribution in [2.75, 3.05) is 37.0 Å². The lowest BCUT2D eigenvalue weighted by atomic mass is 10.2. The maximum absolute atomic E-state index is 13.9. The van der Waals surface area contributed by atoms with Gasteiger partial charge in [-0.3, -0.25) is 0 Å². The van der Waals surface area contributed by atoms with E-state index < -0.39 is 5.82 Å². The molecule has 2 amide bonds. The highest BCUT2D eigenvalue weighted by Crippen LogP contribution is 2.26. The molecule has 8 nitrogen and oxygen atoms in total. The summed E-state index contributed by atoms with van der Waals surface area (Å²) >= 11 is 0. The molecule has 0 aliphatic carbocycles. The Labute approximate surface area is 185 Å². The molecular formula is C23H24FN5O3. The number of ether oxygens (including phenoxy) is 2. The molecule has 1 N–H and O–H groups in total. The summed E-state index contributed by atoms with van der Waals surface area (Å²) in [5, 5.41) is 2.92. The molecule has 0 saturated carbocycles. The van der Waals surface area contributed by atoms with Gasteiger partial charge in [-0.1, -0.05) is 12.1 Å². The van der Waals surface area contributed by atoms with Gasteiger partial charge in [0.25, 0.3) is 0 Å². The van der Waals surface area contributed by atoms with Gasteiger partial charge in [-0.2, -0.15) is 0 Å². The van der Waals surface area contributed by atoms with Crippen LogP contribution in [-0.2, 0) is 0 Å². The molecule has 1 aliphatic heterocycles. The smallest absolute Gasteiger partial charge is 0.322 e. The molecule has 0 unspecified atom stereocenters. The zero-order valence-electron chi connectivity index (χ0n) is 17.9. The Kier molecular flexibility index (Phi) is 6.34. The van der Waals surface area contributed by atoms with Crippen LogP contribution in [0, 0.1) is 5.82 Å². The molecule has 32 heavy (non-hydrogen) atoms. The third kappa shape index (κ3) is 4.88. The largest absolute Gasteiger partial charge is 0.497 e. The van der Waals surface area contributed by atoms with E-state index in [1.807, 2.05) is 6.92 Å². The van der Waals surface area contributed by atoms with Crippen LogP contribution in [-0.4, -0.2) is 53.7 Å². The first-order chi connectivity index (χ1) is 15.5. The molecule has 1 saturated heterocycles. The van der Waals surface area contributed by atoms with E-state index >= 15 is 0 Å². The van der Waals surface area contributed by atoms with Gasteiger partial charge >= 0.3 is 6.03 Å². The van der Waals surface area contributed by atoms with Gasteiger partial charge < -0.3 is 24.6 Å². The van der Waals surface area contributed by atoms with Crippen LogP contribution < -0.4 is 19.7 Å². The predicted octanol–water partition coefficient (Wildman–Crippen LogP) is 4.16. The average Bonchev–Trinajstić information content (AvgIpc) is 2.81. The SMILES string of the molecule is COc1ccc(NC(=O)N2CCN(c3cc(Oc4ccccc4F)ncn3)C[C@@H]2C)cc1. The highest BCUT2D eigenvalue weighted by atomic mass is 19.1. The lowest BCUT2D eigenvalue weighted by Crippen LogP contribution is -2.55. The van der Waals surface area contributed by atoms with Crippen molar-refractivity contribution in [2.24, 2.45) is 0 Å². The minimum absolute atomic E-state index is 0.0482. The molecule has 2 heterocycles. The average molecular weight is 437 g/mol. The summed E-state index contributed by atoms with van der Waals surface area (Å²) in [6.45, 7) is 3.69. The quantitative estimate of drug-likeness (QED) is 0.646.